The van der Waals surface area contributed by atoms with Gasteiger partial charge in [0.1, 0.15) is 0 Å². The van der Waals surface area contributed by atoms with Crippen molar-refractivity contribution in [2.45, 2.75) is 13.3 Å². The van der Waals surface area contributed by atoms with Gasteiger partial charge in [-0.25, -0.2) is 8.78 Å². The van der Waals surface area contributed by atoms with Crippen molar-refractivity contribution in [3.63, 3.8) is 0 Å². The molecule has 1 aromatic carbocycles. The fraction of sp³-hybridized carbons (Fsp3) is 0.154. The number of rotatable bonds is 2. The second kappa shape index (κ2) is 4.76. The van der Waals surface area contributed by atoms with Crippen LogP contribution in [-0.4, -0.2) is 4.98 Å². The zero-order chi connectivity index (χ0) is 13.3. The molecule has 0 N–H and O–H groups in total. The Morgan fingerprint density at radius 2 is 1.50 bits per heavy atom. The van der Waals surface area contributed by atoms with E-state index in [4.69, 9.17) is 0 Å². The van der Waals surface area contributed by atoms with Crippen molar-refractivity contribution < 1.29 is 17.6 Å². The van der Waals surface area contributed by atoms with Crippen molar-refractivity contribution >= 4 is 0 Å². The molecule has 1 aromatic heterocycles. The highest BCUT2D eigenvalue weighted by molar-refractivity contribution is 5.68. The topological polar surface area (TPSA) is 12.9 Å². The molecule has 0 unspecified atom stereocenters. The van der Waals surface area contributed by atoms with E-state index in [-0.39, 0.29) is 5.56 Å². The molecular formula is C13H9F4N. The van der Waals surface area contributed by atoms with Crippen LogP contribution in [0.15, 0.2) is 24.3 Å². The van der Waals surface area contributed by atoms with Gasteiger partial charge < -0.3 is 0 Å². The first-order valence-electron chi connectivity index (χ1n) is 5.34. The van der Waals surface area contributed by atoms with Gasteiger partial charge in [0.05, 0.1) is 5.56 Å². The number of aromatic nitrogens is 1. The molecule has 0 atom stereocenters. The van der Waals surface area contributed by atoms with E-state index in [0.29, 0.717) is 12.0 Å². The fourth-order valence-corrected chi connectivity index (χ4v) is 1.80. The Morgan fingerprint density at radius 1 is 0.944 bits per heavy atom. The van der Waals surface area contributed by atoms with Gasteiger partial charge in [-0.2, -0.15) is 13.8 Å². The maximum Gasteiger partial charge on any atom is 0.252 e. The van der Waals surface area contributed by atoms with E-state index in [1.165, 1.54) is 6.07 Å². The third-order valence-corrected chi connectivity index (χ3v) is 2.67. The van der Waals surface area contributed by atoms with Gasteiger partial charge in [0, 0.05) is 0 Å². The molecule has 18 heavy (non-hydrogen) atoms. The molecule has 0 aliphatic carbocycles. The smallest absolute Gasteiger partial charge is 0.201 e. The summed E-state index contributed by atoms with van der Waals surface area (Å²) in [6.45, 7) is 1.78. The molecule has 0 aliphatic heterocycles. The summed E-state index contributed by atoms with van der Waals surface area (Å²) in [5.74, 6) is -6.24. The molecule has 0 fully saturated rings. The van der Waals surface area contributed by atoms with Crippen molar-refractivity contribution in [1.82, 2.24) is 4.98 Å². The predicted octanol–water partition coefficient (Wildman–Crippen LogP) is 3.87. The molecule has 0 bridgehead atoms. The molecular weight excluding hydrogens is 246 g/mol. The SMILES string of the molecule is CCc1ccccc1-c1c(F)c(F)nc(F)c1F. The Morgan fingerprint density at radius 3 is 2.06 bits per heavy atom. The summed E-state index contributed by atoms with van der Waals surface area (Å²) in [5.41, 5.74) is 0.0213. The van der Waals surface area contributed by atoms with Crippen molar-refractivity contribution in [1.29, 1.82) is 0 Å². The van der Waals surface area contributed by atoms with Crippen LogP contribution >= 0.6 is 0 Å². The van der Waals surface area contributed by atoms with Crippen LogP contribution in [-0.2, 0) is 6.42 Å². The van der Waals surface area contributed by atoms with Crippen molar-refractivity contribution in [3.05, 3.63) is 53.4 Å². The van der Waals surface area contributed by atoms with Gasteiger partial charge in [0.15, 0.2) is 11.6 Å². The summed E-state index contributed by atoms with van der Waals surface area (Å²) in [4.78, 5) is 2.53. The molecule has 0 saturated carbocycles. The summed E-state index contributed by atoms with van der Waals surface area (Å²) < 4.78 is 53.3. The molecule has 2 rings (SSSR count). The largest absolute Gasteiger partial charge is 0.252 e. The summed E-state index contributed by atoms with van der Waals surface area (Å²) >= 11 is 0. The average Bonchev–Trinajstić information content (AvgIpc) is 2.37. The highest BCUT2D eigenvalue weighted by Crippen LogP contribution is 2.30. The van der Waals surface area contributed by atoms with E-state index >= 15 is 0 Å². The molecule has 0 saturated heterocycles. The van der Waals surface area contributed by atoms with Gasteiger partial charge in [0.25, 0.3) is 11.9 Å². The highest BCUT2D eigenvalue weighted by atomic mass is 19.2. The van der Waals surface area contributed by atoms with Gasteiger partial charge in [-0.05, 0) is 17.5 Å². The summed E-state index contributed by atoms with van der Waals surface area (Å²) in [5, 5.41) is 0. The summed E-state index contributed by atoms with van der Waals surface area (Å²) in [7, 11) is 0. The van der Waals surface area contributed by atoms with Crippen LogP contribution < -0.4 is 0 Å². The molecule has 5 heteroatoms. The molecule has 0 aliphatic rings. The quantitative estimate of drug-likeness (QED) is 0.586. The molecule has 1 nitrogen and oxygen atoms in total. The zero-order valence-electron chi connectivity index (χ0n) is 9.48. The first-order valence-corrected chi connectivity index (χ1v) is 5.34. The number of pyridine rings is 1. The summed E-state index contributed by atoms with van der Waals surface area (Å²) in [6.07, 6.45) is 0.487. The van der Waals surface area contributed by atoms with Crippen molar-refractivity contribution in [2.75, 3.05) is 0 Å². The molecule has 94 valence electrons. The number of hydrogen-bond donors (Lipinski definition) is 0. The third kappa shape index (κ3) is 1.96. The van der Waals surface area contributed by atoms with Crippen LogP contribution in [0, 0.1) is 23.5 Å². The minimum Gasteiger partial charge on any atom is -0.201 e. The lowest BCUT2D eigenvalue weighted by Crippen LogP contribution is -2.04. The normalized spacial score (nSPS) is 10.7. The van der Waals surface area contributed by atoms with Crippen LogP contribution in [0.1, 0.15) is 12.5 Å². The van der Waals surface area contributed by atoms with E-state index in [0.717, 1.165) is 0 Å². The van der Waals surface area contributed by atoms with E-state index in [1.807, 2.05) is 0 Å². The van der Waals surface area contributed by atoms with E-state index in [9.17, 15) is 17.6 Å². The Balaban J connectivity index is 2.78. The van der Waals surface area contributed by atoms with E-state index < -0.39 is 29.1 Å². The lowest BCUT2D eigenvalue weighted by molar-refractivity contribution is 0.410. The number of halogens is 4. The molecule has 0 radical (unpaired) electrons. The van der Waals surface area contributed by atoms with Crippen LogP contribution in [0.25, 0.3) is 11.1 Å². The monoisotopic (exact) mass is 255 g/mol. The molecule has 0 spiro atoms. The van der Waals surface area contributed by atoms with Crippen molar-refractivity contribution in [2.24, 2.45) is 0 Å². The minimum atomic E-state index is -1.64. The Kier molecular flexibility index (Phi) is 3.32. The van der Waals surface area contributed by atoms with Gasteiger partial charge in [-0.3, -0.25) is 0 Å². The predicted molar refractivity (Wildman–Crippen MR) is 58.9 cm³/mol. The maximum atomic E-state index is 13.6. The Bertz CT molecular complexity index is 570. The fourth-order valence-electron chi connectivity index (χ4n) is 1.80. The minimum absolute atomic E-state index is 0.134. The highest BCUT2D eigenvalue weighted by Gasteiger charge is 2.23. The zero-order valence-corrected chi connectivity index (χ0v) is 9.48. The lowest BCUT2D eigenvalue weighted by atomic mass is 9.98. The van der Waals surface area contributed by atoms with Crippen LogP contribution in [0.5, 0.6) is 0 Å². The Hall–Kier alpha value is -1.91. The third-order valence-electron chi connectivity index (χ3n) is 2.67. The molecule has 1 heterocycles. The number of nitrogens with zero attached hydrogens (tertiary/aromatic N) is 1. The van der Waals surface area contributed by atoms with Crippen LogP contribution in [0.2, 0.25) is 0 Å². The van der Waals surface area contributed by atoms with E-state index in [2.05, 4.69) is 4.98 Å². The van der Waals surface area contributed by atoms with Gasteiger partial charge in [0.2, 0.25) is 0 Å². The van der Waals surface area contributed by atoms with Crippen molar-refractivity contribution in [3.8, 4) is 11.1 Å². The Labute approximate surface area is 101 Å². The van der Waals surface area contributed by atoms with Gasteiger partial charge in [-0.1, -0.05) is 31.2 Å². The standard InChI is InChI=1S/C13H9F4N/c1-2-7-5-3-4-6-8(7)9-10(14)12(16)18-13(17)11(9)15/h3-6H,2H2,1H3. The molecule has 0 amide bonds. The molecule has 2 aromatic rings. The second-order valence-electron chi connectivity index (χ2n) is 3.71. The first-order chi connectivity index (χ1) is 8.56. The lowest BCUT2D eigenvalue weighted by Gasteiger charge is -2.10. The number of aryl methyl sites for hydroxylation is 1. The van der Waals surface area contributed by atoms with Gasteiger partial charge >= 0.3 is 0 Å². The van der Waals surface area contributed by atoms with Crippen LogP contribution in [0.4, 0.5) is 17.6 Å². The number of hydrogen-bond acceptors (Lipinski definition) is 1. The second-order valence-corrected chi connectivity index (χ2v) is 3.71. The first kappa shape index (κ1) is 12.5. The van der Waals surface area contributed by atoms with E-state index in [1.54, 1.807) is 25.1 Å². The maximum absolute atomic E-state index is 13.6. The van der Waals surface area contributed by atoms with Gasteiger partial charge in [-0.15, -0.1) is 0 Å². The average molecular weight is 255 g/mol. The number of benzene rings is 1. The van der Waals surface area contributed by atoms with Crippen LogP contribution in [0.3, 0.4) is 0 Å². The summed E-state index contributed by atoms with van der Waals surface area (Å²) in [6, 6.07) is 6.29.